The molecule has 0 atom stereocenters. The van der Waals surface area contributed by atoms with Crippen LogP contribution in [-0.2, 0) is 19.5 Å². The molecular formula is C19H21FN6. The van der Waals surface area contributed by atoms with E-state index in [-0.39, 0.29) is 0 Å². The van der Waals surface area contributed by atoms with E-state index in [9.17, 15) is 4.39 Å². The fourth-order valence-electron chi connectivity index (χ4n) is 3.23. The molecule has 4 rings (SSSR count). The number of alkyl halides is 1. The van der Waals surface area contributed by atoms with E-state index in [0.29, 0.717) is 17.2 Å². The summed E-state index contributed by atoms with van der Waals surface area (Å²) in [5, 5.41) is 13.9. The third-order valence-electron chi connectivity index (χ3n) is 4.54. The molecule has 7 heteroatoms. The Morgan fingerprint density at radius 1 is 1.15 bits per heavy atom. The van der Waals surface area contributed by atoms with E-state index >= 15 is 0 Å². The fourth-order valence-corrected chi connectivity index (χ4v) is 3.23. The van der Waals surface area contributed by atoms with Crippen LogP contribution in [0.3, 0.4) is 0 Å². The number of nitrogens with zero attached hydrogens (tertiary/aromatic N) is 3. The summed E-state index contributed by atoms with van der Waals surface area (Å²) in [6, 6.07) is 9.29. The van der Waals surface area contributed by atoms with Gasteiger partial charge in [-0.15, -0.1) is 0 Å². The van der Waals surface area contributed by atoms with Crippen LogP contribution in [0.5, 0.6) is 0 Å². The largest absolute Gasteiger partial charge is 0.323 e. The molecule has 0 saturated carbocycles. The Morgan fingerprint density at radius 2 is 2.00 bits per heavy atom. The normalized spacial score (nSPS) is 13.9. The molecular weight excluding hydrogens is 331 g/mol. The molecule has 26 heavy (non-hydrogen) atoms. The minimum Gasteiger partial charge on any atom is -0.323 e. The van der Waals surface area contributed by atoms with Gasteiger partial charge in [-0.25, -0.2) is 14.4 Å². The van der Waals surface area contributed by atoms with Gasteiger partial charge in [-0.3, -0.25) is 5.10 Å². The number of H-pyrrole nitrogens is 1. The van der Waals surface area contributed by atoms with Gasteiger partial charge in [0.25, 0.3) is 0 Å². The van der Waals surface area contributed by atoms with Gasteiger partial charge >= 0.3 is 0 Å². The molecule has 3 heterocycles. The molecule has 134 valence electrons. The van der Waals surface area contributed by atoms with Crippen LogP contribution in [0.1, 0.15) is 22.5 Å². The van der Waals surface area contributed by atoms with Crippen molar-refractivity contribution in [2.75, 3.05) is 18.4 Å². The summed E-state index contributed by atoms with van der Waals surface area (Å²) >= 11 is 0. The maximum absolute atomic E-state index is 13.4. The van der Waals surface area contributed by atoms with Crippen LogP contribution >= 0.6 is 0 Å². The zero-order chi connectivity index (χ0) is 17.9. The Hall–Kier alpha value is -2.80. The van der Waals surface area contributed by atoms with Gasteiger partial charge in [-0.05, 0) is 25.5 Å². The Bertz CT molecular complexity index is 920. The molecule has 1 aliphatic rings. The number of aryl methyl sites for hydroxylation is 1. The summed E-state index contributed by atoms with van der Waals surface area (Å²) in [6.45, 7) is 3.16. The summed E-state index contributed by atoms with van der Waals surface area (Å²) in [7, 11) is 0. The molecule has 2 aromatic heterocycles. The summed E-state index contributed by atoms with van der Waals surface area (Å²) < 4.78 is 13.4. The smallest absolute Gasteiger partial charge is 0.162 e. The highest BCUT2D eigenvalue weighted by Gasteiger charge is 2.19. The van der Waals surface area contributed by atoms with Crippen molar-refractivity contribution in [2.45, 2.75) is 26.4 Å². The van der Waals surface area contributed by atoms with Crippen molar-refractivity contribution in [3.8, 4) is 11.4 Å². The van der Waals surface area contributed by atoms with Gasteiger partial charge < -0.3 is 10.6 Å². The Kier molecular flexibility index (Phi) is 4.62. The van der Waals surface area contributed by atoms with E-state index in [4.69, 9.17) is 9.97 Å². The van der Waals surface area contributed by atoms with Crippen molar-refractivity contribution in [1.29, 1.82) is 0 Å². The lowest BCUT2D eigenvalue weighted by molar-refractivity contribution is 0.486. The standard InChI is InChI=1S/C19H21FN6/c1-12-10-17(26-25-12)23-19-15-6-8-21-9-7-16(15)22-18(24-19)14-5-3-2-4-13(14)11-20/h2-5,10,21H,6-9,11H2,1H3,(H2,22,23,24,25,26). The molecule has 6 nitrogen and oxygen atoms in total. The number of nitrogens with one attached hydrogen (secondary N) is 3. The molecule has 0 fully saturated rings. The Morgan fingerprint density at radius 3 is 2.81 bits per heavy atom. The predicted molar refractivity (Wildman–Crippen MR) is 99.2 cm³/mol. The molecule has 1 aromatic carbocycles. The first-order valence-electron chi connectivity index (χ1n) is 8.78. The second-order valence-corrected chi connectivity index (χ2v) is 6.42. The molecule has 0 saturated heterocycles. The van der Waals surface area contributed by atoms with Gasteiger partial charge in [0.15, 0.2) is 11.6 Å². The van der Waals surface area contributed by atoms with Crippen LogP contribution in [0.15, 0.2) is 30.3 Å². The van der Waals surface area contributed by atoms with Crippen LogP contribution in [0.4, 0.5) is 16.0 Å². The zero-order valence-corrected chi connectivity index (χ0v) is 14.6. The maximum Gasteiger partial charge on any atom is 0.162 e. The molecule has 0 amide bonds. The molecule has 3 aromatic rings. The number of hydrogen-bond donors (Lipinski definition) is 3. The average Bonchev–Trinajstić information content (AvgIpc) is 2.92. The van der Waals surface area contributed by atoms with Crippen molar-refractivity contribution in [1.82, 2.24) is 25.5 Å². The SMILES string of the molecule is Cc1cc(Nc2nc(-c3ccccc3CF)nc3c2CCNCC3)n[nH]1. The van der Waals surface area contributed by atoms with Crippen LogP contribution in [-0.4, -0.2) is 33.3 Å². The molecule has 0 radical (unpaired) electrons. The number of rotatable bonds is 4. The minimum atomic E-state index is -0.542. The number of hydrogen-bond acceptors (Lipinski definition) is 5. The summed E-state index contributed by atoms with van der Waals surface area (Å²) in [4.78, 5) is 9.51. The van der Waals surface area contributed by atoms with E-state index in [2.05, 4.69) is 20.8 Å². The van der Waals surface area contributed by atoms with Crippen molar-refractivity contribution in [3.05, 3.63) is 52.8 Å². The van der Waals surface area contributed by atoms with Crippen molar-refractivity contribution >= 4 is 11.6 Å². The summed E-state index contributed by atoms with van der Waals surface area (Å²) in [5.74, 6) is 2.01. The van der Waals surface area contributed by atoms with Gasteiger partial charge in [0.2, 0.25) is 0 Å². The minimum absolute atomic E-state index is 0.542. The van der Waals surface area contributed by atoms with Crippen LogP contribution in [0.2, 0.25) is 0 Å². The zero-order valence-electron chi connectivity index (χ0n) is 14.6. The Labute approximate surface area is 151 Å². The first-order valence-corrected chi connectivity index (χ1v) is 8.78. The Balaban J connectivity index is 1.83. The first kappa shape index (κ1) is 16.7. The van der Waals surface area contributed by atoms with Gasteiger partial charge in [0.1, 0.15) is 12.5 Å². The van der Waals surface area contributed by atoms with E-state index in [0.717, 1.165) is 54.3 Å². The number of aromatic amines is 1. The topological polar surface area (TPSA) is 78.5 Å². The number of fused-ring (bicyclic) bond motifs is 1. The van der Waals surface area contributed by atoms with Crippen molar-refractivity contribution in [2.24, 2.45) is 0 Å². The highest BCUT2D eigenvalue weighted by Crippen LogP contribution is 2.28. The lowest BCUT2D eigenvalue weighted by Gasteiger charge is -2.14. The molecule has 3 N–H and O–H groups in total. The third kappa shape index (κ3) is 3.30. The van der Waals surface area contributed by atoms with E-state index in [1.165, 1.54) is 0 Å². The summed E-state index contributed by atoms with van der Waals surface area (Å²) in [6.07, 6.45) is 1.66. The number of anilines is 2. The van der Waals surface area contributed by atoms with Crippen LogP contribution < -0.4 is 10.6 Å². The maximum atomic E-state index is 13.4. The molecule has 0 aliphatic carbocycles. The van der Waals surface area contributed by atoms with Crippen molar-refractivity contribution in [3.63, 3.8) is 0 Å². The van der Waals surface area contributed by atoms with Gasteiger partial charge in [-0.2, -0.15) is 5.10 Å². The fraction of sp³-hybridized carbons (Fsp3) is 0.316. The number of halogens is 1. The number of aromatic nitrogens is 4. The van der Waals surface area contributed by atoms with Crippen LogP contribution in [0, 0.1) is 6.92 Å². The van der Waals surface area contributed by atoms with E-state index in [1.807, 2.05) is 31.2 Å². The molecule has 0 spiro atoms. The average molecular weight is 352 g/mol. The van der Waals surface area contributed by atoms with E-state index in [1.54, 1.807) is 6.07 Å². The van der Waals surface area contributed by atoms with Gasteiger partial charge in [-0.1, -0.05) is 24.3 Å². The third-order valence-corrected chi connectivity index (χ3v) is 4.54. The molecule has 0 bridgehead atoms. The second kappa shape index (κ2) is 7.21. The summed E-state index contributed by atoms with van der Waals surface area (Å²) in [5.41, 5.74) is 4.40. The molecule has 0 unspecified atom stereocenters. The lowest BCUT2D eigenvalue weighted by atomic mass is 10.1. The van der Waals surface area contributed by atoms with Gasteiger partial charge in [0.05, 0.1) is 5.69 Å². The monoisotopic (exact) mass is 352 g/mol. The predicted octanol–water partition coefficient (Wildman–Crippen LogP) is 3.08. The molecule has 1 aliphatic heterocycles. The number of benzene rings is 1. The highest BCUT2D eigenvalue weighted by atomic mass is 19.1. The quantitative estimate of drug-likeness (QED) is 0.673. The lowest BCUT2D eigenvalue weighted by Crippen LogP contribution is -2.16. The second-order valence-electron chi connectivity index (χ2n) is 6.42. The van der Waals surface area contributed by atoms with Crippen LogP contribution in [0.25, 0.3) is 11.4 Å². The van der Waals surface area contributed by atoms with Gasteiger partial charge in [0, 0.05) is 35.9 Å². The first-order chi connectivity index (χ1) is 12.7. The van der Waals surface area contributed by atoms with E-state index < -0.39 is 6.67 Å². The highest BCUT2D eigenvalue weighted by molar-refractivity contribution is 5.66. The van der Waals surface area contributed by atoms with Crippen molar-refractivity contribution < 1.29 is 4.39 Å².